The predicted molar refractivity (Wildman–Crippen MR) is 104 cm³/mol. The maximum absolute atomic E-state index is 13.7. The van der Waals surface area contributed by atoms with Crippen LogP contribution >= 0.6 is 0 Å². The minimum Gasteiger partial charge on any atom is -0.380 e. The number of urea groups is 1. The van der Waals surface area contributed by atoms with Crippen LogP contribution in [-0.2, 0) is 17.9 Å². The Morgan fingerprint density at radius 1 is 1.14 bits per heavy atom. The topological polar surface area (TPSA) is 53.6 Å². The number of piperidine rings is 1. The van der Waals surface area contributed by atoms with E-state index in [1.807, 2.05) is 0 Å². The molecule has 3 rings (SSSR count). The van der Waals surface area contributed by atoms with Crippen LogP contribution in [0.15, 0.2) is 42.5 Å². The Bertz CT molecular complexity index is 808. The number of methoxy groups -OCH3 is 1. The normalized spacial score (nSPS) is 14.8. The largest absolute Gasteiger partial charge is 0.380 e. The highest BCUT2D eigenvalue weighted by molar-refractivity contribution is 5.74. The number of carbonyl (C=O) groups is 1. The van der Waals surface area contributed by atoms with Gasteiger partial charge in [0, 0.05) is 38.3 Å². The number of anilines is 1. The van der Waals surface area contributed by atoms with Gasteiger partial charge in [0.2, 0.25) is 0 Å². The van der Waals surface area contributed by atoms with E-state index in [1.165, 1.54) is 19.2 Å². The van der Waals surface area contributed by atoms with Gasteiger partial charge in [-0.2, -0.15) is 0 Å². The summed E-state index contributed by atoms with van der Waals surface area (Å²) in [5.41, 5.74) is 1.78. The average molecular weight is 389 g/mol. The molecule has 1 aliphatic rings. The first-order valence-electron chi connectivity index (χ1n) is 9.37. The molecule has 1 fully saturated rings. The van der Waals surface area contributed by atoms with Gasteiger partial charge in [-0.3, -0.25) is 0 Å². The summed E-state index contributed by atoms with van der Waals surface area (Å²) in [4.78, 5) is 14.2. The van der Waals surface area contributed by atoms with Crippen molar-refractivity contribution in [3.05, 3.63) is 65.2 Å². The number of amides is 2. The van der Waals surface area contributed by atoms with Crippen molar-refractivity contribution >= 4 is 11.7 Å². The zero-order valence-corrected chi connectivity index (χ0v) is 15.9. The molecule has 0 saturated carbocycles. The van der Waals surface area contributed by atoms with Gasteiger partial charge in [-0.1, -0.05) is 18.2 Å². The van der Waals surface area contributed by atoms with Crippen molar-refractivity contribution in [2.75, 3.05) is 25.5 Å². The van der Waals surface area contributed by atoms with Crippen molar-refractivity contribution in [3.63, 3.8) is 0 Å². The Morgan fingerprint density at radius 2 is 1.89 bits per heavy atom. The molecule has 0 aliphatic carbocycles. The Balaban J connectivity index is 1.46. The Morgan fingerprint density at radius 3 is 2.61 bits per heavy atom. The molecule has 5 nitrogen and oxygen atoms in total. The van der Waals surface area contributed by atoms with Crippen LogP contribution in [0.1, 0.15) is 24.0 Å². The van der Waals surface area contributed by atoms with Crippen LogP contribution in [0, 0.1) is 11.6 Å². The fourth-order valence-electron chi connectivity index (χ4n) is 3.32. The van der Waals surface area contributed by atoms with E-state index in [9.17, 15) is 13.6 Å². The summed E-state index contributed by atoms with van der Waals surface area (Å²) < 4.78 is 32.4. The number of nitrogens with zero attached hydrogens (tertiary/aromatic N) is 1. The number of hydrogen-bond donors (Lipinski definition) is 2. The quantitative estimate of drug-likeness (QED) is 0.788. The van der Waals surface area contributed by atoms with Crippen LogP contribution in [0.3, 0.4) is 0 Å². The molecule has 0 atom stereocenters. The van der Waals surface area contributed by atoms with Crippen LogP contribution in [0.4, 0.5) is 19.3 Å². The molecule has 0 bridgehead atoms. The third kappa shape index (κ3) is 5.19. The lowest BCUT2D eigenvalue weighted by molar-refractivity contribution is 0.181. The van der Waals surface area contributed by atoms with E-state index < -0.39 is 0 Å². The molecule has 1 aliphatic heterocycles. The van der Waals surface area contributed by atoms with Crippen molar-refractivity contribution in [2.45, 2.75) is 32.0 Å². The maximum Gasteiger partial charge on any atom is 0.317 e. The number of likely N-dealkylation sites (tertiary alicyclic amines) is 1. The van der Waals surface area contributed by atoms with E-state index in [0.29, 0.717) is 30.9 Å². The molecule has 0 unspecified atom stereocenters. The van der Waals surface area contributed by atoms with Gasteiger partial charge in [-0.15, -0.1) is 0 Å². The van der Waals surface area contributed by atoms with Crippen molar-refractivity contribution in [3.8, 4) is 0 Å². The van der Waals surface area contributed by atoms with Gasteiger partial charge in [0.1, 0.15) is 11.6 Å². The van der Waals surface area contributed by atoms with Gasteiger partial charge in [0.15, 0.2) is 0 Å². The van der Waals surface area contributed by atoms with Crippen LogP contribution < -0.4 is 10.6 Å². The molecule has 0 spiro atoms. The smallest absolute Gasteiger partial charge is 0.317 e. The van der Waals surface area contributed by atoms with Gasteiger partial charge in [-0.05, 0) is 42.7 Å². The molecule has 2 amide bonds. The van der Waals surface area contributed by atoms with Gasteiger partial charge in [-0.25, -0.2) is 13.6 Å². The molecular formula is C21H25F2N3O2. The lowest BCUT2D eigenvalue weighted by atomic mass is 10.0. The molecule has 150 valence electrons. The average Bonchev–Trinajstić information content (AvgIpc) is 2.71. The van der Waals surface area contributed by atoms with Crippen LogP contribution in [0.2, 0.25) is 0 Å². The second-order valence-electron chi connectivity index (χ2n) is 6.90. The highest BCUT2D eigenvalue weighted by Gasteiger charge is 2.23. The van der Waals surface area contributed by atoms with Crippen LogP contribution in [0.25, 0.3) is 0 Å². The molecule has 28 heavy (non-hydrogen) atoms. The predicted octanol–water partition coefficient (Wildman–Crippen LogP) is 3.90. The van der Waals surface area contributed by atoms with Crippen molar-refractivity contribution < 1.29 is 18.3 Å². The second-order valence-corrected chi connectivity index (χ2v) is 6.90. The van der Waals surface area contributed by atoms with Gasteiger partial charge >= 0.3 is 6.03 Å². The number of ether oxygens (including phenoxy) is 1. The first kappa shape index (κ1) is 20.1. The first-order valence-corrected chi connectivity index (χ1v) is 9.37. The van der Waals surface area contributed by atoms with E-state index in [2.05, 4.69) is 10.6 Å². The number of carbonyl (C=O) groups excluding carboxylic acids is 1. The minimum absolute atomic E-state index is 0.134. The van der Waals surface area contributed by atoms with Crippen LogP contribution in [0.5, 0.6) is 0 Å². The molecule has 2 aromatic carbocycles. The second kappa shape index (κ2) is 9.50. The minimum atomic E-state index is -0.318. The Kier molecular flexibility index (Phi) is 6.81. The number of halogens is 2. The summed E-state index contributed by atoms with van der Waals surface area (Å²) >= 11 is 0. The number of hydrogen-bond acceptors (Lipinski definition) is 3. The fourth-order valence-corrected chi connectivity index (χ4v) is 3.32. The van der Waals surface area contributed by atoms with Crippen LogP contribution in [-0.4, -0.2) is 37.2 Å². The summed E-state index contributed by atoms with van der Waals surface area (Å²) in [6, 6.07) is 11.3. The SMILES string of the molecule is COCc1cc(CNC(=O)N2CCC(Nc3ccccc3F)CC2)ccc1F. The van der Waals surface area contributed by atoms with Gasteiger partial charge in [0.25, 0.3) is 0 Å². The van der Waals surface area contributed by atoms with E-state index >= 15 is 0 Å². The van der Waals surface area contributed by atoms with E-state index in [0.717, 1.165) is 18.4 Å². The Hall–Kier alpha value is -2.67. The molecule has 1 saturated heterocycles. The summed E-state index contributed by atoms with van der Waals surface area (Å²) in [6.45, 7) is 1.70. The molecule has 1 heterocycles. The summed E-state index contributed by atoms with van der Waals surface area (Å²) in [5.74, 6) is -0.587. The molecule has 0 radical (unpaired) electrons. The monoisotopic (exact) mass is 389 g/mol. The molecule has 2 N–H and O–H groups in total. The number of nitrogens with one attached hydrogen (secondary N) is 2. The highest BCUT2D eigenvalue weighted by Crippen LogP contribution is 2.19. The van der Waals surface area contributed by atoms with Crippen molar-refractivity contribution in [2.24, 2.45) is 0 Å². The summed E-state index contributed by atoms with van der Waals surface area (Å²) in [6.07, 6.45) is 1.49. The van der Waals surface area contributed by atoms with E-state index in [-0.39, 0.29) is 30.3 Å². The summed E-state index contributed by atoms with van der Waals surface area (Å²) in [7, 11) is 1.51. The number of rotatable bonds is 6. The van der Waals surface area contributed by atoms with E-state index in [1.54, 1.807) is 35.2 Å². The maximum atomic E-state index is 13.7. The number of para-hydroxylation sites is 1. The number of benzene rings is 2. The highest BCUT2D eigenvalue weighted by atomic mass is 19.1. The van der Waals surface area contributed by atoms with Crippen molar-refractivity contribution in [1.82, 2.24) is 10.2 Å². The fraction of sp³-hybridized carbons (Fsp3) is 0.381. The van der Waals surface area contributed by atoms with Crippen molar-refractivity contribution in [1.29, 1.82) is 0 Å². The third-order valence-corrected chi connectivity index (χ3v) is 4.87. The van der Waals surface area contributed by atoms with Gasteiger partial charge in [0.05, 0.1) is 12.3 Å². The lowest BCUT2D eigenvalue weighted by Gasteiger charge is -2.33. The first-order chi connectivity index (χ1) is 13.6. The summed E-state index contributed by atoms with van der Waals surface area (Å²) in [5, 5.41) is 6.08. The molecule has 7 heteroatoms. The molecular weight excluding hydrogens is 364 g/mol. The van der Waals surface area contributed by atoms with E-state index in [4.69, 9.17) is 4.74 Å². The standard InChI is InChI=1S/C21H25F2N3O2/c1-28-14-16-12-15(6-7-18(16)22)13-24-21(27)26-10-8-17(9-11-26)25-20-5-3-2-4-19(20)23/h2-7,12,17,25H,8-11,13-14H2,1H3,(H,24,27). The zero-order chi connectivity index (χ0) is 19.9. The lowest BCUT2D eigenvalue weighted by Crippen LogP contribution is -2.46. The third-order valence-electron chi connectivity index (χ3n) is 4.87. The van der Waals surface area contributed by atoms with Gasteiger partial charge < -0.3 is 20.3 Å². The zero-order valence-electron chi connectivity index (χ0n) is 15.9. The molecule has 2 aromatic rings. The molecule has 0 aromatic heterocycles. The Labute approximate surface area is 163 Å².